The Labute approximate surface area is 94.2 Å². The third kappa shape index (κ3) is 1.96. The van der Waals surface area contributed by atoms with Gasteiger partial charge in [-0.25, -0.2) is 4.79 Å². The van der Waals surface area contributed by atoms with Crippen molar-refractivity contribution in [2.75, 3.05) is 0 Å². The first-order valence-corrected chi connectivity index (χ1v) is 5.08. The third-order valence-electron chi connectivity index (χ3n) is 2.57. The van der Waals surface area contributed by atoms with Crippen LogP contribution >= 0.6 is 0 Å². The largest absolute Gasteiger partial charge is 0.478 e. The van der Waals surface area contributed by atoms with Gasteiger partial charge in [0.2, 0.25) is 0 Å². The molecule has 2 rings (SSSR count). The molecule has 2 aromatic carbocycles. The molecule has 2 nitrogen and oxygen atoms in total. The molecule has 0 aliphatic carbocycles. The number of benzene rings is 2. The van der Waals surface area contributed by atoms with Gasteiger partial charge < -0.3 is 5.11 Å². The zero-order chi connectivity index (χ0) is 11.5. The molecule has 0 bridgehead atoms. The maximum atomic E-state index is 10.9. The molecule has 0 aliphatic rings. The lowest BCUT2D eigenvalue weighted by atomic mass is 9.98. The second-order valence-electron chi connectivity index (χ2n) is 3.70. The van der Waals surface area contributed by atoms with Gasteiger partial charge in [0, 0.05) is 0 Å². The topological polar surface area (TPSA) is 37.3 Å². The summed E-state index contributed by atoms with van der Waals surface area (Å²) in [7, 11) is 0. The van der Waals surface area contributed by atoms with E-state index in [4.69, 9.17) is 5.11 Å². The molecule has 0 spiro atoms. The number of carboxylic acid groups (broad SMARTS) is 1. The summed E-state index contributed by atoms with van der Waals surface area (Å²) < 4.78 is 0. The summed E-state index contributed by atoms with van der Waals surface area (Å²) in [6.07, 6.45) is 0. The van der Waals surface area contributed by atoms with Crippen molar-refractivity contribution >= 4 is 5.97 Å². The molecule has 0 amide bonds. The molecular weight excluding hydrogens is 200 g/mol. The summed E-state index contributed by atoms with van der Waals surface area (Å²) in [6.45, 7) is 1.98. The van der Waals surface area contributed by atoms with Crippen LogP contribution in [0.2, 0.25) is 0 Å². The molecule has 0 saturated heterocycles. The molecule has 0 unspecified atom stereocenters. The van der Waals surface area contributed by atoms with Crippen molar-refractivity contribution in [3.8, 4) is 11.1 Å². The van der Waals surface area contributed by atoms with E-state index in [0.29, 0.717) is 5.56 Å². The van der Waals surface area contributed by atoms with E-state index in [2.05, 4.69) is 0 Å². The summed E-state index contributed by atoms with van der Waals surface area (Å²) in [6, 6.07) is 15.0. The molecule has 0 atom stereocenters. The number of hydrogen-bond donors (Lipinski definition) is 1. The van der Waals surface area contributed by atoms with Gasteiger partial charge >= 0.3 is 5.97 Å². The highest BCUT2D eigenvalue weighted by Gasteiger charge is 2.07. The Hall–Kier alpha value is -2.09. The Morgan fingerprint density at radius 1 is 1.06 bits per heavy atom. The average Bonchev–Trinajstić information content (AvgIpc) is 2.30. The normalized spacial score (nSPS) is 10.1. The standard InChI is InChI=1S/C14H12O2/c1-10-7-8-12(14(15)16)9-13(10)11-5-3-2-4-6-11/h2-9H,1H3,(H,15,16). The quantitative estimate of drug-likeness (QED) is 0.828. The lowest BCUT2D eigenvalue weighted by molar-refractivity contribution is 0.0697. The minimum absolute atomic E-state index is 0.324. The van der Waals surface area contributed by atoms with E-state index in [-0.39, 0.29) is 0 Å². The minimum Gasteiger partial charge on any atom is -0.478 e. The van der Waals surface area contributed by atoms with Gasteiger partial charge in [0.1, 0.15) is 0 Å². The SMILES string of the molecule is Cc1ccc(C(=O)O)cc1-c1ccccc1. The number of hydrogen-bond acceptors (Lipinski definition) is 1. The third-order valence-corrected chi connectivity index (χ3v) is 2.57. The van der Waals surface area contributed by atoms with Crippen molar-refractivity contribution in [1.29, 1.82) is 0 Å². The number of aryl methyl sites for hydroxylation is 1. The van der Waals surface area contributed by atoms with Crippen LogP contribution in [0.4, 0.5) is 0 Å². The fourth-order valence-corrected chi connectivity index (χ4v) is 1.68. The molecule has 80 valence electrons. The predicted molar refractivity (Wildman–Crippen MR) is 63.6 cm³/mol. The zero-order valence-electron chi connectivity index (χ0n) is 8.97. The molecule has 1 N–H and O–H groups in total. The summed E-state index contributed by atoms with van der Waals surface area (Å²) in [5, 5.41) is 8.95. The first-order chi connectivity index (χ1) is 7.68. The molecule has 0 fully saturated rings. The fourth-order valence-electron chi connectivity index (χ4n) is 1.68. The van der Waals surface area contributed by atoms with Crippen LogP contribution in [-0.2, 0) is 0 Å². The Morgan fingerprint density at radius 2 is 1.75 bits per heavy atom. The van der Waals surface area contributed by atoms with E-state index in [1.54, 1.807) is 12.1 Å². The molecule has 2 aromatic rings. The van der Waals surface area contributed by atoms with E-state index < -0.39 is 5.97 Å². The van der Waals surface area contributed by atoms with Gasteiger partial charge in [-0.05, 0) is 35.7 Å². The lowest BCUT2D eigenvalue weighted by Gasteiger charge is -2.06. The molecule has 0 radical (unpaired) electrons. The van der Waals surface area contributed by atoms with Crippen LogP contribution in [0.1, 0.15) is 15.9 Å². The van der Waals surface area contributed by atoms with Gasteiger partial charge in [-0.2, -0.15) is 0 Å². The Bertz CT molecular complexity index is 516. The van der Waals surface area contributed by atoms with Gasteiger partial charge in [-0.1, -0.05) is 36.4 Å². The van der Waals surface area contributed by atoms with Gasteiger partial charge in [-0.15, -0.1) is 0 Å². The summed E-state index contributed by atoms with van der Waals surface area (Å²) in [5.41, 5.74) is 3.42. The van der Waals surface area contributed by atoms with Crippen molar-refractivity contribution in [2.45, 2.75) is 6.92 Å². The van der Waals surface area contributed by atoms with E-state index >= 15 is 0 Å². The van der Waals surface area contributed by atoms with Crippen molar-refractivity contribution in [3.05, 3.63) is 59.7 Å². The number of carboxylic acids is 1. The van der Waals surface area contributed by atoms with Gasteiger partial charge in [0.15, 0.2) is 0 Å². The first kappa shape index (κ1) is 10.4. The highest BCUT2D eigenvalue weighted by molar-refractivity contribution is 5.89. The van der Waals surface area contributed by atoms with Crippen LogP contribution in [0.15, 0.2) is 48.5 Å². The second kappa shape index (κ2) is 4.19. The van der Waals surface area contributed by atoms with Crippen molar-refractivity contribution in [3.63, 3.8) is 0 Å². The molecule has 16 heavy (non-hydrogen) atoms. The van der Waals surface area contributed by atoms with Crippen LogP contribution < -0.4 is 0 Å². The number of rotatable bonds is 2. The molecule has 0 aliphatic heterocycles. The van der Waals surface area contributed by atoms with Gasteiger partial charge in [0.05, 0.1) is 5.56 Å². The van der Waals surface area contributed by atoms with E-state index in [1.165, 1.54) is 0 Å². The highest BCUT2D eigenvalue weighted by Crippen LogP contribution is 2.24. The van der Waals surface area contributed by atoms with Crippen LogP contribution in [0.25, 0.3) is 11.1 Å². The zero-order valence-corrected chi connectivity index (χ0v) is 8.97. The smallest absolute Gasteiger partial charge is 0.335 e. The molecule has 2 heteroatoms. The molecular formula is C14H12O2. The highest BCUT2D eigenvalue weighted by atomic mass is 16.4. The van der Waals surface area contributed by atoms with Crippen molar-refractivity contribution in [1.82, 2.24) is 0 Å². The van der Waals surface area contributed by atoms with E-state index in [0.717, 1.165) is 16.7 Å². The summed E-state index contributed by atoms with van der Waals surface area (Å²) in [5.74, 6) is -0.891. The van der Waals surface area contributed by atoms with Crippen molar-refractivity contribution < 1.29 is 9.90 Å². The van der Waals surface area contributed by atoms with Gasteiger partial charge in [-0.3, -0.25) is 0 Å². The number of aromatic carboxylic acids is 1. The summed E-state index contributed by atoms with van der Waals surface area (Å²) in [4.78, 5) is 10.9. The van der Waals surface area contributed by atoms with Crippen LogP contribution in [0.5, 0.6) is 0 Å². The average molecular weight is 212 g/mol. The Balaban J connectivity index is 2.56. The summed E-state index contributed by atoms with van der Waals surface area (Å²) >= 11 is 0. The van der Waals surface area contributed by atoms with Crippen LogP contribution in [-0.4, -0.2) is 11.1 Å². The number of carbonyl (C=O) groups is 1. The second-order valence-corrected chi connectivity index (χ2v) is 3.70. The monoisotopic (exact) mass is 212 g/mol. The maximum absolute atomic E-state index is 10.9. The predicted octanol–water partition coefficient (Wildman–Crippen LogP) is 3.36. The Kier molecular flexibility index (Phi) is 2.73. The molecule has 0 aromatic heterocycles. The maximum Gasteiger partial charge on any atom is 0.335 e. The molecule has 0 heterocycles. The minimum atomic E-state index is -0.891. The Morgan fingerprint density at radius 3 is 2.38 bits per heavy atom. The van der Waals surface area contributed by atoms with Crippen molar-refractivity contribution in [2.24, 2.45) is 0 Å². The van der Waals surface area contributed by atoms with Crippen LogP contribution in [0.3, 0.4) is 0 Å². The van der Waals surface area contributed by atoms with Crippen LogP contribution in [0, 0.1) is 6.92 Å². The molecule has 0 saturated carbocycles. The fraction of sp³-hybridized carbons (Fsp3) is 0.0714. The van der Waals surface area contributed by atoms with E-state index in [1.807, 2.05) is 43.3 Å². The van der Waals surface area contributed by atoms with Gasteiger partial charge in [0.25, 0.3) is 0 Å². The lowest BCUT2D eigenvalue weighted by Crippen LogP contribution is -1.97. The van der Waals surface area contributed by atoms with E-state index in [9.17, 15) is 4.79 Å². The first-order valence-electron chi connectivity index (χ1n) is 5.08.